The predicted molar refractivity (Wildman–Crippen MR) is 74.3 cm³/mol. The predicted octanol–water partition coefficient (Wildman–Crippen LogP) is 2.81. The molecule has 18 heavy (non-hydrogen) atoms. The minimum atomic E-state index is -0.204. The molecule has 3 nitrogen and oxygen atoms in total. The lowest BCUT2D eigenvalue weighted by Crippen LogP contribution is -2.25. The number of hydrogen-bond acceptors (Lipinski definition) is 3. The molecule has 0 amide bonds. The molecule has 102 valence electrons. The first-order valence-electron chi connectivity index (χ1n) is 6.61. The molecular weight excluding hydrogens is 229 g/mol. The quantitative estimate of drug-likeness (QED) is 0.757. The Balaban J connectivity index is 2.77. The van der Waals surface area contributed by atoms with Crippen LogP contribution in [0.15, 0.2) is 12.3 Å². The average Bonchev–Trinajstić information content (AvgIpc) is 2.30. The van der Waals surface area contributed by atoms with Crippen LogP contribution >= 0.6 is 0 Å². The third kappa shape index (κ3) is 4.26. The topological polar surface area (TPSA) is 28.2 Å². The van der Waals surface area contributed by atoms with Crippen LogP contribution in [0.1, 0.15) is 32.8 Å². The van der Waals surface area contributed by atoms with Crippen molar-refractivity contribution in [3.63, 3.8) is 0 Å². The molecule has 0 saturated heterocycles. The minimum absolute atomic E-state index is 0.204. The van der Waals surface area contributed by atoms with Gasteiger partial charge in [0.2, 0.25) is 0 Å². The number of aromatic nitrogens is 1. The maximum Gasteiger partial charge on any atom is 0.170 e. The van der Waals surface area contributed by atoms with E-state index in [1.54, 1.807) is 12.3 Å². The zero-order valence-corrected chi connectivity index (χ0v) is 11.8. The minimum Gasteiger partial charge on any atom is -0.357 e. The first kappa shape index (κ1) is 14.9. The standard InChI is InChI=1S/C14H24FN3/c1-5-7-16-9-12-6-8-17-14(13(12)15)18(4)10-11(2)3/h6,8,11,16H,5,7,9-10H2,1-4H3. The van der Waals surface area contributed by atoms with Crippen LogP contribution in [-0.2, 0) is 6.54 Å². The van der Waals surface area contributed by atoms with Crippen LogP contribution in [0, 0.1) is 11.7 Å². The maximum atomic E-state index is 14.3. The van der Waals surface area contributed by atoms with Crippen molar-refractivity contribution in [2.75, 3.05) is 25.0 Å². The third-order valence-electron chi connectivity index (χ3n) is 2.69. The summed E-state index contributed by atoms with van der Waals surface area (Å²) in [5, 5.41) is 3.21. The molecule has 0 saturated carbocycles. The van der Waals surface area contributed by atoms with E-state index in [1.807, 2.05) is 11.9 Å². The molecule has 0 unspecified atom stereocenters. The van der Waals surface area contributed by atoms with Gasteiger partial charge >= 0.3 is 0 Å². The SMILES string of the molecule is CCCNCc1ccnc(N(C)CC(C)C)c1F. The van der Waals surface area contributed by atoms with Gasteiger partial charge in [-0.3, -0.25) is 0 Å². The highest BCUT2D eigenvalue weighted by atomic mass is 19.1. The van der Waals surface area contributed by atoms with Gasteiger partial charge < -0.3 is 10.2 Å². The molecule has 1 aromatic rings. The van der Waals surface area contributed by atoms with Gasteiger partial charge in [0.15, 0.2) is 11.6 Å². The lowest BCUT2D eigenvalue weighted by atomic mass is 10.2. The highest BCUT2D eigenvalue weighted by molar-refractivity contribution is 5.42. The van der Waals surface area contributed by atoms with Crippen molar-refractivity contribution in [2.45, 2.75) is 33.7 Å². The number of halogens is 1. The summed E-state index contributed by atoms with van der Waals surface area (Å²) in [7, 11) is 1.88. The molecule has 0 aliphatic heterocycles. The Bertz CT molecular complexity index is 366. The van der Waals surface area contributed by atoms with Gasteiger partial charge in [0.1, 0.15) is 0 Å². The van der Waals surface area contributed by atoms with E-state index < -0.39 is 0 Å². The van der Waals surface area contributed by atoms with Crippen LogP contribution in [0.5, 0.6) is 0 Å². The van der Waals surface area contributed by atoms with E-state index in [0.717, 1.165) is 19.5 Å². The van der Waals surface area contributed by atoms with Crippen molar-refractivity contribution in [3.8, 4) is 0 Å². The first-order chi connectivity index (χ1) is 8.56. The monoisotopic (exact) mass is 253 g/mol. The maximum absolute atomic E-state index is 14.3. The van der Waals surface area contributed by atoms with E-state index >= 15 is 0 Å². The van der Waals surface area contributed by atoms with Crippen molar-refractivity contribution >= 4 is 5.82 Å². The Hall–Kier alpha value is -1.16. The third-order valence-corrected chi connectivity index (χ3v) is 2.69. The lowest BCUT2D eigenvalue weighted by Gasteiger charge is -2.21. The Labute approximate surface area is 109 Å². The Morgan fingerprint density at radius 2 is 2.17 bits per heavy atom. The summed E-state index contributed by atoms with van der Waals surface area (Å²) in [6.45, 7) is 8.58. The number of anilines is 1. The summed E-state index contributed by atoms with van der Waals surface area (Å²) in [5.74, 6) is 0.724. The average molecular weight is 253 g/mol. The summed E-state index contributed by atoms with van der Waals surface area (Å²) in [4.78, 5) is 6.02. The molecule has 1 heterocycles. The second-order valence-corrected chi connectivity index (χ2v) is 5.06. The zero-order valence-electron chi connectivity index (χ0n) is 11.8. The second kappa shape index (κ2) is 7.31. The molecular formula is C14H24FN3. The fraction of sp³-hybridized carbons (Fsp3) is 0.643. The van der Waals surface area contributed by atoms with Crippen molar-refractivity contribution in [3.05, 3.63) is 23.6 Å². The molecule has 0 bridgehead atoms. The van der Waals surface area contributed by atoms with E-state index in [0.29, 0.717) is 23.8 Å². The van der Waals surface area contributed by atoms with E-state index in [2.05, 4.69) is 31.1 Å². The van der Waals surface area contributed by atoms with Crippen LogP contribution in [0.25, 0.3) is 0 Å². The van der Waals surface area contributed by atoms with E-state index in [9.17, 15) is 4.39 Å². The molecule has 0 spiro atoms. The van der Waals surface area contributed by atoms with Gasteiger partial charge in [0.05, 0.1) is 0 Å². The summed E-state index contributed by atoms with van der Waals surface area (Å²) in [6.07, 6.45) is 2.73. The van der Waals surface area contributed by atoms with Gasteiger partial charge in [-0.2, -0.15) is 0 Å². The summed E-state index contributed by atoms with van der Waals surface area (Å²) in [6, 6.07) is 1.74. The summed E-state index contributed by atoms with van der Waals surface area (Å²) >= 11 is 0. The highest BCUT2D eigenvalue weighted by Crippen LogP contribution is 2.19. The highest BCUT2D eigenvalue weighted by Gasteiger charge is 2.13. The lowest BCUT2D eigenvalue weighted by molar-refractivity contribution is 0.566. The van der Waals surface area contributed by atoms with Crippen LogP contribution in [0.4, 0.5) is 10.2 Å². The molecule has 0 aliphatic rings. The fourth-order valence-corrected chi connectivity index (χ4v) is 1.91. The van der Waals surface area contributed by atoms with Gasteiger partial charge in [-0.15, -0.1) is 0 Å². The van der Waals surface area contributed by atoms with E-state index in [4.69, 9.17) is 0 Å². The molecule has 0 aromatic carbocycles. The van der Waals surface area contributed by atoms with Crippen molar-refractivity contribution < 1.29 is 4.39 Å². The molecule has 0 atom stereocenters. The van der Waals surface area contributed by atoms with E-state index in [-0.39, 0.29) is 5.82 Å². The smallest absolute Gasteiger partial charge is 0.170 e. The van der Waals surface area contributed by atoms with Crippen LogP contribution < -0.4 is 10.2 Å². The number of hydrogen-bond donors (Lipinski definition) is 1. The Morgan fingerprint density at radius 1 is 1.44 bits per heavy atom. The number of nitrogens with zero attached hydrogens (tertiary/aromatic N) is 2. The fourth-order valence-electron chi connectivity index (χ4n) is 1.91. The van der Waals surface area contributed by atoms with Crippen LogP contribution in [-0.4, -0.2) is 25.1 Å². The van der Waals surface area contributed by atoms with Crippen molar-refractivity contribution in [1.29, 1.82) is 0 Å². The Morgan fingerprint density at radius 3 is 2.78 bits per heavy atom. The number of rotatable bonds is 7. The normalized spacial score (nSPS) is 11.0. The van der Waals surface area contributed by atoms with Gasteiger partial charge in [-0.25, -0.2) is 9.37 Å². The summed E-state index contributed by atoms with van der Waals surface area (Å²) in [5.41, 5.74) is 0.684. The number of pyridine rings is 1. The largest absolute Gasteiger partial charge is 0.357 e. The molecule has 1 aromatic heterocycles. The van der Waals surface area contributed by atoms with Gasteiger partial charge in [0.25, 0.3) is 0 Å². The zero-order chi connectivity index (χ0) is 13.5. The number of nitrogens with one attached hydrogen (secondary N) is 1. The van der Waals surface area contributed by atoms with Gasteiger partial charge in [0, 0.05) is 31.9 Å². The van der Waals surface area contributed by atoms with Crippen molar-refractivity contribution in [1.82, 2.24) is 10.3 Å². The van der Waals surface area contributed by atoms with Crippen LogP contribution in [0.3, 0.4) is 0 Å². The molecule has 4 heteroatoms. The molecule has 0 radical (unpaired) electrons. The molecule has 0 fully saturated rings. The summed E-state index contributed by atoms with van der Waals surface area (Å²) < 4.78 is 14.3. The van der Waals surface area contributed by atoms with Gasteiger partial charge in [-0.1, -0.05) is 20.8 Å². The van der Waals surface area contributed by atoms with Gasteiger partial charge in [-0.05, 0) is 24.9 Å². The molecule has 1 N–H and O–H groups in total. The van der Waals surface area contributed by atoms with Crippen LogP contribution in [0.2, 0.25) is 0 Å². The Kier molecular flexibility index (Phi) is 6.05. The van der Waals surface area contributed by atoms with E-state index in [1.165, 1.54) is 0 Å². The second-order valence-electron chi connectivity index (χ2n) is 5.06. The first-order valence-corrected chi connectivity index (χ1v) is 6.61. The molecule has 1 rings (SSSR count). The molecule has 0 aliphatic carbocycles. The van der Waals surface area contributed by atoms with Crippen molar-refractivity contribution in [2.24, 2.45) is 5.92 Å².